The molecule has 2 fully saturated rings. The molecule has 2 saturated heterocycles. The Morgan fingerprint density at radius 2 is 1.39 bits per heavy atom. The van der Waals surface area contributed by atoms with E-state index in [0.29, 0.717) is 36.3 Å². The maximum absolute atomic E-state index is 12.4. The molecule has 10 nitrogen and oxygen atoms in total. The van der Waals surface area contributed by atoms with Gasteiger partial charge in [-0.1, -0.05) is 19.1 Å². The Morgan fingerprint density at radius 1 is 0.841 bits per heavy atom. The molecule has 4 rings (SSSR count). The molecule has 44 heavy (non-hydrogen) atoms. The summed E-state index contributed by atoms with van der Waals surface area (Å²) in [4.78, 5) is 54.9. The number of aromatic amines is 2. The maximum Gasteiger partial charge on any atom is 0.303 e. The van der Waals surface area contributed by atoms with Gasteiger partial charge in [0.15, 0.2) is 0 Å². The van der Waals surface area contributed by atoms with E-state index in [1.165, 1.54) is 0 Å². The Hall–Kier alpha value is -4.25. The number of hydrogen-bond acceptors (Lipinski definition) is 5. The molecule has 2 aliphatic heterocycles. The third-order valence-corrected chi connectivity index (χ3v) is 8.82. The van der Waals surface area contributed by atoms with Crippen LogP contribution in [0.4, 0.5) is 0 Å². The van der Waals surface area contributed by atoms with Crippen LogP contribution in [0.3, 0.4) is 0 Å². The van der Waals surface area contributed by atoms with Crippen LogP contribution in [0, 0.1) is 25.7 Å². The lowest BCUT2D eigenvalue weighted by Crippen LogP contribution is -2.16. The number of carbonyl (C=O) groups excluding carboxylic acids is 2. The van der Waals surface area contributed by atoms with Crippen LogP contribution in [0.25, 0.3) is 12.2 Å². The third kappa shape index (κ3) is 6.77. The molecule has 234 valence electrons. The summed E-state index contributed by atoms with van der Waals surface area (Å²) in [6.45, 7) is 9.49. The lowest BCUT2D eigenvalue weighted by Gasteiger charge is -2.07. The summed E-state index contributed by atoms with van der Waals surface area (Å²) in [5.41, 5.74) is 9.66. The smallest absolute Gasteiger partial charge is 0.303 e. The van der Waals surface area contributed by atoms with Crippen molar-refractivity contribution in [2.24, 2.45) is 11.8 Å². The van der Waals surface area contributed by atoms with Gasteiger partial charge in [-0.25, -0.2) is 0 Å². The topological polar surface area (TPSA) is 164 Å². The number of aliphatic carboxylic acids is 2. The number of H-pyrrole nitrogens is 2. The highest BCUT2D eigenvalue weighted by Gasteiger charge is 2.31. The quantitative estimate of drug-likeness (QED) is 0.143. The number of rotatable bonds is 11. The zero-order valence-electron chi connectivity index (χ0n) is 25.7. The monoisotopic (exact) mass is 620 g/mol. The second kappa shape index (κ2) is 13.6. The van der Waals surface area contributed by atoms with E-state index >= 15 is 0 Å². The summed E-state index contributed by atoms with van der Waals surface area (Å²) in [6.07, 6.45) is 8.37. The van der Waals surface area contributed by atoms with E-state index < -0.39 is 11.9 Å². The Morgan fingerprint density at radius 3 is 1.86 bits per heavy atom. The Labute approximate surface area is 262 Å². The van der Waals surface area contributed by atoms with Gasteiger partial charge in [-0.15, -0.1) is 0 Å². The van der Waals surface area contributed by atoms with Gasteiger partial charge in [0, 0.05) is 70.7 Å². The van der Waals surface area contributed by atoms with Crippen molar-refractivity contribution in [3.8, 4) is 0 Å². The highest BCUT2D eigenvalue weighted by atomic mass is 32.1. The summed E-state index contributed by atoms with van der Waals surface area (Å²) in [5, 5.41) is 24.8. The first-order valence-corrected chi connectivity index (χ1v) is 15.4. The van der Waals surface area contributed by atoms with E-state index in [0.717, 1.165) is 56.3 Å². The molecule has 2 aliphatic rings. The molecular weight excluding hydrogens is 580 g/mol. The van der Waals surface area contributed by atoms with Crippen molar-refractivity contribution in [2.75, 3.05) is 5.75 Å². The maximum atomic E-state index is 12.4. The summed E-state index contributed by atoms with van der Waals surface area (Å²) in [5.74, 6) is -1.98. The fourth-order valence-corrected chi connectivity index (χ4v) is 6.26. The molecule has 2 aromatic rings. The van der Waals surface area contributed by atoms with Crippen LogP contribution < -0.4 is 10.6 Å². The van der Waals surface area contributed by atoms with Crippen molar-refractivity contribution in [1.82, 2.24) is 20.6 Å². The summed E-state index contributed by atoms with van der Waals surface area (Å²) in [6, 6.07) is 0. The molecule has 2 atom stereocenters. The van der Waals surface area contributed by atoms with Gasteiger partial charge in [-0.2, -0.15) is 12.6 Å². The Balaban J connectivity index is 1.79. The van der Waals surface area contributed by atoms with Crippen molar-refractivity contribution in [2.45, 2.75) is 66.7 Å². The molecule has 0 aliphatic carbocycles. The zero-order chi connectivity index (χ0) is 32.3. The number of carboxylic acid groups (broad SMARTS) is 2. The van der Waals surface area contributed by atoms with Crippen molar-refractivity contribution in [3.05, 3.63) is 79.7 Å². The molecule has 2 aromatic heterocycles. The van der Waals surface area contributed by atoms with E-state index in [4.69, 9.17) is 0 Å². The molecule has 0 aromatic carbocycles. The Bertz CT molecular complexity index is 1640. The van der Waals surface area contributed by atoms with Gasteiger partial charge in [-0.05, 0) is 80.5 Å². The van der Waals surface area contributed by atoms with Crippen LogP contribution in [0.1, 0.15) is 78.6 Å². The standard InChI is InChI=1S/C33H40N4O6S/c1-6-20-16(2)26(36-33(20)43)13-24-17(3)21(7-9-30(38)39)27(34-24)15-28-22(8-10-31(40)41)18(4)25(35-28)14-29-23(11-12-44)19(5)32(42)37-29/h6,11,13-14,16,19,34-35,44H,7-10,12,15H2,1-5H3,(H,36,43)(H,37,42)(H,38,39)(H,40,41)/b20-6+,23-11+,26-13+,29-14-/t16?,19-/m0/s1. The fraction of sp³-hybridized carbons (Fsp3) is 0.394. The summed E-state index contributed by atoms with van der Waals surface area (Å²) in [7, 11) is 0. The first kappa shape index (κ1) is 32.7. The number of aromatic nitrogens is 2. The minimum atomic E-state index is -0.910. The average Bonchev–Trinajstić information content (AvgIpc) is 3.60. The molecule has 1 unspecified atom stereocenters. The van der Waals surface area contributed by atoms with Crippen molar-refractivity contribution < 1.29 is 29.4 Å². The van der Waals surface area contributed by atoms with E-state index in [1.807, 2.05) is 52.8 Å². The predicted molar refractivity (Wildman–Crippen MR) is 172 cm³/mol. The predicted octanol–water partition coefficient (Wildman–Crippen LogP) is 4.60. The largest absolute Gasteiger partial charge is 0.481 e. The molecular formula is C33H40N4O6S. The van der Waals surface area contributed by atoms with Gasteiger partial charge in [0.1, 0.15) is 0 Å². The van der Waals surface area contributed by atoms with Crippen molar-refractivity contribution in [1.29, 1.82) is 0 Å². The Kier molecular flexibility index (Phi) is 10.1. The van der Waals surface area contributed by atoms with Gasteiger partial charge in [0.05, 0.1) is 5.92 Å². The number of allylic oxidation sites excluding steroid dienone is 3. The number of carboxylic acids is 2. The lowest BCUT2D eigenvalue weighted by atomic mass is 9.97. The number of amides is 2. The second-order valence-electron chi connectivity index (χ2n) is 11.3. The minimum Gasteiger partial charge on any atom is -0.481 e. The van der Waals surface area contributed by atoms with Crippen LogP contribution in [0.5, 0.6) is 0 Å². The van der Waals surface area contributed by atoms with E-state index in [2.05, 4.69) is 33.2 Å². The van der Waals surface area contributed by atoms with E-state index in [-0.39, 0.29) is 36.5 Å². The highest BCUT2D eigenvalue weighted by Crippen LogP contribution is 2.33. The van der Waals surface area contributed by atoms with Gasteiger partial charge < -0.3 is 30.8 Å². The van der Waals surface area contributed by atoms with E-state index in [1.54, 1.807) is 6.08 Å². The molecule has 0 radical (unpaired) electrons. The molecule has 6 N–H and O–H groups in total. The van der Waals surface area contributed by atoms with Gasteiger partial charge in [-0.3, -0.25) is 19.2 Å². The molecule has 0 spiro atoms. The van der Waals surface area contributed by atoms with Crippen molar-refractivity contribution in [3.63, 3.8) is 0 Å². The first-order valence-electron chi connectivity index (χ1n) is 14.7. The van der Waals surface area contributed by atoms with Gasteiger partial charge in [0.2, 0.25) is 5.91 Å². The van der Waals surface area contributed by atoms with Gasteiger partial charge in [0.25, 0.3) is 5.91 Å². The number of carbonyl (C=O) groups is 4. The molecule has 2 amide bonds. The normalized spacial score (nSPS) is 22.0. The molecule has 11 heteroatoms. The molecule has 4 heterocycles. The van der Waals surface area contributed by atoms with Crippen LogP contribution in [0.15, 0.2) is 34.7 Å². The van der Waals surface area contributed by atoms with E-state index in [9.17, 15) is 29.4 Å². The SMILES string of the molecule is C/C=C1/C(=O)N/C(=C/c2[nH]c(Cc3[nH]c(/C=C4\NC(=O)[C@@H](C)\C4=C/CS)c(C)c3CCC(=O)O)c(CCC(=O)O)c2C)C1C. The number of thiol groups is 1. The summed E-state index contributed by atoms with van der Waals surface area (Å²) < 4.78 is 0. The second-order valence-corrected chi connectivity index (χ2v) is 11.7. The van der Waals surface area contributed by atoms with Crippen LogP contribution in [-0.4, -0.2) is 49.7 Å². The van der Waals surface area contributed by atoms with Gasteiger partial charge >= 0.3 is 11.9 Å². The fourth-order valence-electron chi connectivity index (χ4n) is 6.06. The lowest BCUT2D eigenvalue weighted by molar-refractivity contribution is -0.138. The number of nitrogens with one attached hydrogen (secondary N) is 4. The minimum absolute atomic E-state index is 0.0529. The average molecular weight is 621 g/mol. The van der Waals surface area contributed by atoms with Crippen molar-refractivity contribution >= 4 is 48.5 Å². The first-order chi connectivity index (χ1) is 20.9. The van der Waals surface area contributed by atoms with Crippen LogP contribution in [0.2, 0.25) is 0 Å². The molecule has 0 saturated carbocycles. The summed E-state index contributed by atoms with van der Waals surface area (Å²) >= 11 is 4.31. The highest BCUT2D eigenvalue weighted by molar-refractivity contribution is 7.80. The zero-order valence-corrected chi connectivity index (χ0v) is 26.6. The number of hydrogen-bond donors (Lipinski definition) is 7. The molecule has 0 bridgehead atoms. The van der Waals surface area contributed by atoms with Crippen LogP contribution in [-0.2, 0) is 38.4 Å². The third-order valence-electron chi connectivity index (χ3n) is 8.64. The van der Waals surface area contributed by atoms with Crippen LogP contribution >= 0.6 is 12.6 Å².